The van der Waals surface area contributed by atoms with Crippen molar-refractivity contribution >= 4 is 29.3 Å². The van der Waals surface area contributed by atoms with Crippen LogP contribution < -0.4 is 10.6 Å². The third kappa shape index (κ3) is 5.72. The Kier molecular flexibility index (Phi) is 9.75. The number of carbonyl (C=O) groups excluding carboxylic acids is 1. The summed E-state index contributed by atoms with van der Waals surface area (Å²) in [4.78, 5) is 13.0. The quantitative estimate of drug-likeness (QED) is 0.204. The van der Waals surface area contributed by atoms with Crippen molar-refractivity contribution < 1.29 is 30.0 Å². The van der Waals surface area contributed by atoms with E-state index in [1.165, 1.54) is 0 Å². The van der Waals surface area contributed by atoms with E-state index in [0.29, 0.717) is 13.2 Å². The van der Waals surface area contributed by atoms with Gasteiger partial charge in [0.25, 0.3) is 0 Å². The lowest BCUT2D eigenvalue weighted by Gasteiger charge is -2.37. The Morgan fingerprint density at radius 1 is 1.36 bits per heavy atom. The van der Waals surface area contributed by atoms with Crippen molar-refractivity contribution in [2.24, 2.45) is 11.8 Å². The molecule has 2 rings (SSSR count). The van der Waals surface area contributed by atoms with Crippen molar-refractivity contribution in [1.29, 1.82) is 0 Å². The molecule has 9 atom stereocenters. The van der Waals surface area contributed by atoms with Gasteiger partial charge in [0.05, 0.1) is 36.3 Å². The normalized spacial score (nSPS) is 31.8. The van der Waals surface area contributed by atoms with E-state index in [0.717, 1.165) is 31.0 Å². The van der Waals surface area contributed by atoms with Crippen molar-refractivity contribution in [2.45, 2.75) is 67.4 Å². The zero-order chi connectivity index (χ0) is 20.8. The zero-order valence-electron chi connectivity index (χ0n) is 16.3. The smallest absolute Gasteiger partial charge is 0.240 e. The molecule has 0 aromatic heterocycles. The van der Waals surface area contributed by atoms with Gasteiger partial charge in [0, 0.05) is 19.1 Å². The van der Waals surface area contributed by atoms with Crippen LogP contribution in [0.15, 0.2) is 0 Å². The van der Waals surface area contributed by atoms with E-state index in [2.05, 4.69) is 10.6 Å². The van der Waals surface area contributed by atoms with Crippen molar-refractivity contribution in [2.75, 3.05) is 26.0 Å². The van der Waals surface area contributed by atoms with Gasteiger partial charge in [-0.1, -0.05) is 6.42 Å². The molecule has 2 aliphatic rings. The average Bonchev–Trinajstić information content (AvgIpc) is 2.94. The van der Waals surface area contributed by atoms with Gasteiger partial charge in [-0.05, 0) is 31.9 Å². The van der Waals surface area contributed by atoms with Crippen LogP contribution >= 0.6 is 23.4 Å². The van der Waals surface area contributed by atoms with E-state index in [4.69, 9.17) is 16.3 Å². The second kappa shape index (κ2) is 11.3. The number of fused-ring (bicyclic) bond motifs is 1. The molecule has 7 unspecified atom stereocenters. The number of rotatable bonds is 9. The SMILES string of the molecule is CSC(O)C(O)C([C@H](NC(=O)C1NCC2CCCCOC21)C(C)Cl)[C@@H](O)CO. The molecule has 0 spiro atoms. The van der Waals surface area contributed by atoms with Gasteiger partial charge in [-0.15, -0.1) is 23.4 Å². The summed E-state index contributed by atoms with van der Waals surface area (Å²) in [5.74, 6) is -1.10. The molecule has 0 radical (unpaired) electrons. The van der Waals surface area contributed by atoms with Crippen molar-refractivity contribution in [3.8, 4) is 0 Å². The highest BCUT2D eigenvalue weighted by Gasteiger charge is 2.45. The molecule has 1 amide bonds. The molecule has 0 aliphatic carbocycles. The maximum atomic E-state index is 13.0. The Balaban J connectivity index is 2.16. The standard InChI is InChI=1S/C18H33ClN2O6S/c1-9(19)13(12(11(23)8-22)15(24)18(26)28-2)21-17(25)14-16-10(7-20-14)5-3-4-6-27-16/h9-16,18,20,22-24,26H,3-8H2,1-2H3,(H,21,25)/t9?,10?,11-,12?,13+,14?,15?,16?,18?/m0/s1. The van der Waals surface area contributed by atoms with E-state index in [-0.39, 0.29) is 17.9 Å². The molecule has 10 heteroatoms. The third-order valence-corrected chi connectivity index (χ3v) is 6.77. The Bertz CT molecular complexity index is 503. The second-order valence-corrected chi connectivity index (χ2v) is 9.28. The molecule has 8 nitrogen and oxygen atoms in total. The average molecular weight is 441 g/mol. The Morgan fingerprint density at radius 2 is 2.07 bits per heavy atom. The Hall–Kier alpha value is -0.130. The molecule has 0 aromatic rings. The van der Waals surface area contributed by atoms with Crippen LogP contribution in [0.1, 0.15) is 26.2 Å². The van der Waals surface area contributed by atoms with Crippen LogP contribution in [0, 0.1) is 11.8 Å². The second-order valence-electron chi connectivity index (χ2n) is 7.63. The van der Waals surface area contributed by atoms with Crippen LogP contribution in [-0.4, -0.2) is 93.6 Å². The molecule has 2 saturated heterocycles. The predicted molar refractivity (Wildman–Crippen MR) is 108 cm³/mol. The van der Waals surface area contributed by atoms with Crippen molar-refractivity contribution in [3.63, 3.8) is 0 Å². The molecule has 0 saturated carbocycles. The number of aliphatic hydroxyl groups excluding tert-OH is 4. The summed E-state index contributed by atoms with van der Waals surface area (Å²) in [6, 6.07) is -1.41. The van der Waals surface area contributed by atoms with Gasteiger partial charge in [-0.2, -0.15) is 0 Å². The number of ether oxygens (including phenoxy) is 1. The molecule has 2 aliphatic heterocycles. The minimum Gasteiger partial charge on any atom is -0.394 e. The first-order chi connectivity index (χ1) is 13.3. The van der Waals surface area contributed by atoms with E-state index >= 15 is 0 Å². The highest BCUT2D eigenvalue weighted by atomic mass is 35.5. The Labute approximate surface area is 175 Å². The number of aliphatic hydroxyl groups is 4. The lowest BCUT2D eigenvalue weighted by Crippen LogP contribution is -2.59. The van der Waals surface area contributed by atoms with Crippen LogP contribution in [0.5, 0.6) is 0 Å². The van der Waals surface area contributed by atoms with Crippen LogP contribution in [0.3, 0.4) is 0 Å². The number of amides is 1. The van der Waals surface area contributed by atoms with Gasteiger partial charge in [0.2, 0.25) is 5.91 Å². The molecule has 2 heterocycles. The third-order valence-electron chi connectivity index (χ3n) is 5.73. The number of halogens is 1. The number of alkyl halides is 1. The molecule has 0 bridgehead atoms. The lowest BCUT2D eigenvalue weighted by molar-refractivity contribution is -0.129. The fourth-order valence-electron chi connectivity index (χ4n) is 4.15. The maximum Gasteiger partial charge on any atom is 0.240 e. The monoisotopic (exact) mass is 440 g/mol. The molecular formula is C18H33ClN2O6S. The van der Waals surface area contributed by atoms with E-state index < -0.39 is 47.6 Å². The fourth-order valence-corrected chi connectivity index (χ4v) is 4.84. The van der Waals surface area contributed by atoms with Gasteiger partial charge in [0.15, 0.2) is 0 Å². The summed E-state index contributed by atoms with van der Waals surface area (Å²) < 4.78 is 5.90. The summed E-state index contributed by atoms with van der Waals surface area (Å²) in [6.45, 7) is 2.32. The maximum absolute atomic E-state index is 13.0. The van der Waals surface area contributed by atoms with Crippen molar-refractivity contribution in [3.05, 3.63) is 0 Å². The number of hydrogen-bond donors (Lipinski definition) is 6. The fraction of sp³-hybridized carbons (Fsp3) is 0.944. The summed E-state index contributed by atoms with van der Waals surface area (Å²) >= 11 is 7.29. The number of nitrogens with one attached hydrogen (secondary N) is 2. The summed E-state index contributed by atoms with van der Waals surface area (Å²) in [6.07, 6.45) is 1.69. The highest BCUT2D eigenvalue weighted by molar-refractivity contribution is 7.99. The molecule has 6 N–H and O–H groups in total. The van der Waals surface area contributed by atoms with Gasteiger partial charge in [-0.25, -0.2) is 0 Å². The largest absolute Gasteiger partial charge is 0.394 e. The number of thioether (sulfide) groups is 1. The first kappa shape index (κ1) is 24.1. The minimum atomic E-state index is -1.39. The first-order valence-corrected chi connectivity index (χ1v) is 11.5. The molecule has 2 fully saturated rings. The van der Waals surface area contributed by atoms with Crippen molar-refractivity contribution in [1.82, 2.24) is 10.6 Å². The first-order valence-electron chi connectivity index (χ1n) is 9.79. The highest BCUT2D eigenvalue weighted by Crippen LogP contribution is 2.29. The van der Waals surface area contributed by atoms with Gasteiger partial charge < -0.3 is 35.8 Å². The van der Waals surface area contributed by atoms with Gasteiger partial charge >= 0.3 is 0 Å². The Morgan fingerprint density at radius 3 is 2.68 bits per heavy atom. The van der Waals surface area contributed by atoms with Crippen LogP contribution in [0.25, 0.3) is 0 Å². The minimum absolute atomic E-state index is 0.225. The van der Waals surface area contributed by atoms with E-state index in [1.54, 1.807) is 13.2 Å². The zero-order valence-corrected chi connectivity index (χ0v) is 17.9. The van der Waals surface area contributed by atoms with Gasteiger partial charge in [0.1, 0.15) is 11.5 Å². The van der Waals surface area contributed by atoms with E-state index in [9.17, 15) is 25.2 Å². The van der Waals surface area contributed by atoms with Gasteiger partial charge in [-0.3, -0.25) is 4.79 Å². The molecule has 164 valence electrons. The van der Waals surface area contributed by atoms with E-state index in [1.807, 2.05) is 0 Å². The number of carbonyl (C=O) groups is 1. The summed E-state index contributed by atoms with van der Waals surface area (Å²) in [5, 5.41) is 45.6. The summed E-state index contributed by atoms with van der Waals surface area (Å²) in [5.41, 5.74) is -1.19. The van der Waals surface area contributed by atoms with Crippen LogP contribution in [-0.2, 0) is 9.53 Å². The topological polar surface area (TPSA) is 131 Å². The molecule has 28 heavy (non-hydrogen) atoms. The number of hydrogen-bond acceptors (Lipinski definition) is 8. The van der Waals surface area contributed by atoms with Crippen LogP contribution in [0.2, 0.25) is 0 Å². The molecule has 0 aromatic carbocycles. The molecular weight excluding hydrogens is 408 g/mol. The predicted octanol–water partition coefficient (Wildman–Crippen LogP) is -0.733. The lowest BCUT2D eigenvalue weighted by atomic mass is 9.86. The van der Waals surface area contributed by atoms with Crippen LogP contribution in [0.4, 0.5) is 0 Å². The summed E-state index contributed by atoms with van der Waals surface area (Å²) in [7, 11) is 0.